The number of Topliss-reactive ketones (excluding diaryl/α,β-unsaturated/α-hetero) is 1. The van der Waals surface area contributed by atoms with Gasteiger partial charge in [-0.05, 0) is 31.5 Å². The molecule has 2 N–H and O–H groups in total. The molecular formula is C23H24N2O4. The molecule has 1 aliphatic rings. The molecule has 3 heterocycles. The standard InChI is InChI=1S/C23H24N2O4/c1-3-4-7-12-25-20(18-11-10-14(2)29-18)19(22(27)23(25)28)21(26)16-13-24-17-9-6-5-8-15(16)17/h5-6,8-11,13,20,24,26H,3-4,7,12H2,1-2H3/b21-19-. The van der Waals surface area contributed by atoms with Gasteiger partial charge < -0.3 is 19.4 Å². The molecule has 1 fully saturated rings. The first-order chi connectivity index (χ1) is 14.0. The summed E-state index contributed by atoms with van der Waals surface area (Å²) < 4.78 is 5.79. The number of para-hydroxylation sites is 1. The number of aryl methyl sites for hydroxylation is 1. The van der Waals surface area contributed by atoms with Gasteiger partial charge in [0.2, 0.25) is 0 Å². The molecule has 0 saturated carbocycles. The molecule has 6 nitrogen and oxygen atoms in total. The number of rotatable bonds is 6. The summed E-state index contributed by atoms with van der Waals surface area (Å²) in [5.74, 6) is -0.284. The van der Waals surface area contributed by atoms with Gasteiger partial charge in [0.15, 0.2) is 0 Å². The number of unbranched alkanes of at least 4 members (excludes halogenated alkanes) is 2. The van der Waals surface area contributed by atoms with Gasteiger partial charge in [-0.15, -0.1) is 0 Å². The first-order valence-corrected chi connectivity index (χ1v) is 9.94. The Kier molecular flexibility index (Phi) is 5.01. The third-order valence-electron chi connectivity index (χ3n) is 5.42. The predicted octanol–water partition coefficient (Wildman–Crippen LogP) is 4.68. The van der Waals surface area contributed by atoms with E-state index in [-0.39, 0.29) is 11.3 Å². The minimum Gasteiger partial charge on any atom is -0.507 e. The second kappa shape index (κ2) is 7.62. The van der Waals surface area contributed by atoms with Crippen molar-refractivity contribution in [3.05, 3.63) is 65.3 Å². The average Bonchev–Trinajstić information content (AvgIpc) is 3.40. The quantitative estimate of drug-likeness (QED) is 0.276. The molecule has 2 aromatic heterocycles. The van der Waals surface area contributed by atoms with Crippen LogP contribution in [0.4, 0.5) is 0 Å². The Bertz CT molecular complexity index is 1100. The Morgan fingerprint density at radius 2 is 1.97 bits per heavy atom. The Morgan fingerprint density at radius 1 is 1.17 bits per heavy atom. The van der Waals surface area contributed by atoms with Gasteiger partial charge in [-0.1, -0.05) is 38.0 Å². The number of furan rings is 1. The number of nitrogens with zero attached hydrogens (tertiary/aromatic N) is 1. The third-order valence-corrected chi connectivity index (χ3v) is 5.42. The van der Waals surface area contributed by atoms with E-state index in [0.717, 1.165) is 30.2 Å². The summed E-state index contributed by atoms with van der Waals surface area (Å²) in [6.45, 7) is 4.33. The highest BCUT2D eigenvalue weighted by atomic mass is 16.3. The summed E-state index contributed by atoms with van der Waals surface area (Å²) in [6, 6.07) is 10.3. The average molecular weight is 392 g/mol. The maximum Gasteiger partial charge on any atom is 0.295 e. The molecule has 29 heavy (non-hydrogen) atoms. The molecule has 150 valence electrons. The van der Waals surface area contributed by atoms with Crippen molar-refractivity contribution in [3.8, 4) is 0 Å². The predicted molar refractivity (Wildman–Crippen MR) is 110 cm³/mol. The molecule has 0 radical (unpaired) electrons. The molecule has 3 aromatic rings. The molecule has 1 aromatic carbocycles. The summed E-state index contributed by atoms with van der Waals surface area (Å²) in [5, 5.41) is 11.9. The smallest absolute Gasteiger partial charge is 0.295 e. The number of benzene rings is 1. The first kappa shape index (κ1) is 19.1. The van der Waals surface area contributed by atoms with Gasteiger partial charge in [0, 0.05) is 29.2 Å². The lowest BCUT2D eigenvalue weighted by atomic mass is 9.99. The number of aromatic amines is 1. The zero-order chi connectivity index (χ0) is 20.5. The van der Waals surface area contributed by atoms with Crippen molar-refractivity contribution in [1.29, 1.82) is 0 Å². The minimum absolute atomic E-state index is 0.0746. The normalized spacial score (nSPS) is 18.8. The van der Waals surface area contributed by atoms with Gasteiger partial charge in [0.05, 0.1) is 5.57 Å². The van der Waals surface area contributed by atoms with Crippen molar-refractivity contribution < 1.29 is 19.1 Å². The van der Waals surface area contributed by atoms with E-state index in [0.29, 0.717) is 23.6 Å². The van der Waals surface area contributed by atoms with Crippen LogP contribution in [0.5, 0.6) is 0 Å². The zero-order valence-corrected chi connectivity index (χ0v) is 16.6. The molecule has 4 rings (SSSR count). The van der Waals surface area contributed by atoms with E-state index in [9.17, 15) is 14.7 Å². The lowest BCUT2D eigenvalue weighted by molar-refractivity contribution is -0.140. The number of hydrogen-bond donors (Lipinski definition) is 2. The van der Waals surface area contributed by atoms with E-state index >= 15 is 0 Å². The molecule has 1 amide bonds. The molecule has 0 aliphatic carbocycles. The fraction of sp³-hybridized carbons (Fsp3) is 0.304. The van der Waals surface area contributed by atoms with Gasteiger partial charge >= 0.3 is 0 Å². The largest absolute Gasteiger partial charge is 0.507 e. The minimum atomic E-state index is -0.728. The molecule has 0 bridgehead atoms. The molecule has 0 spiro atoms. The number of H-pyrrole nitrogens is 1. The maximum absolute atomic E-state index is 13.0. The van der Waals surface area contributed by atoms with Crippen LogP contribution in [-0.2, 0) is 9.59 Å². The summed E-state index contributed by atoms with van der Waals surface area (Å²) in [4.78, 5) is 30.4. The number of carbonyl (C=O) groups is 2. The molecule has 1 atom stereocenters. The van der Waals surface area contributed by atoms with Gasteiger partial charge in [0.25, 0.3) is 11.7 Å². The fourth-order valence-electron chi connectivity index (χ4n) is 3.95. The number of likely N-dealkylation sites (tertiary alicyclic amines) is 1. The lowest BCUT2D eigenvalue weighted by Crippen LogP contribution is -2.30. The van der Waals surface area contributed by atoms with Crippen molar-refractivity contribution >= 4 is 28.4 Å². The van der Waals surface area contributed by atoms with Gasteiger partial charge in [-0.2, -0.15) is 0 Å². The highest BCUT2D eigenvalue weighted by molar-refractivity contribution is 6.46. The highest BCUT2D eigenvalue weighted by Gasteiger charge is 2.47. The Hall–Kier alpha value is -3.28. The lowest BCUT2D eigenvalue weighted by Gasteiger charge is -2.23. The molecule has 1 aliphatic heterocycles. The van der Waals surface area contributed by atoms with Crippen LogP contribution in [0.15, 0.2) is 52.6 Å². The summed E-state index contributed by atoms with van der Waals surface area (Å²) in [5.41, 5.74) is 1.42. The van der Waals surface area contributed by atoms with Crippen LogP contribution < -0.4 is 0 Å². The maximum atomic E-state index is 13.0. The number of carbonyl (C=O) groups excluding carboxylic acids is 2. The number of hydrogen-bond acceptors (Lipinski definition) is 4. The topological polar surface area (TPSA) is 86.5 Å². The van der Waals surface area contributed by atoms with Crippen molar-refractivity contribution in [2.75, 3.05) is 6.54 Å². The number of aliphatic hydroxyl groups excluding tert-OH is 1. The van der Waals surface area contributed by atoms with E-state index in [1.54, 1.807) is 18.3 Å². The van der Waals surface area contributed by atoms with Gasteiger partial charge in [0.1, 0.15) is 23.3 Å². The number of nitrogens with one attached hydrogen (secondary N) is 1. The number of aromatic nitrogens is 1. The van der Waals surface area contributed by atoms with Crippen LogP contribution in [0.25, 0.3) is 16.7 Å². The molecule has 1 saturated heterocycles. The van der Waals surface area contributed by atoms with Crippen LogP contribution in [-0.4, -0.2) is 33.2 Å². The molecule has 6 heteroatoms. The fourth-order valence-corrected chi connectivity index (χ4v) is 3.95. The SMILES string of the molecule is CCCCCN1C(=O)C(=O)/C(=C(\O)c2c[nH]c3ccccc23)C1c1ccc(C)o1. The van der Waals surface area contributed by atoms with Crippen LogP contribution >= 0.6 is 0 Å². The van der Waals surface area contributed by atoms with Gasteiger partial charge in [-0.3, -0.25) is 9.59 Å². The summed E-state index contributed by atoms with van der Waals surface area (Å²) in [7, 11) is 0. The second-order valence-corrected chi connectivity index (χ2v) is 7.40. The zero-order valence-electron chi connectivity index (χ0n) is 16.6. The number of fused-ring (bicyclic) bond motifs is 1. The Balaban J connectivity index is 1.85. The third kappa shape index (κ3) is 3.24. The van der Waals surface area contributed by atoms with Gasteiger partial charge in [-0.25, -0.2) is 0 Å². The monoisotopic (exact) mass is 392 g/mol. The van der Waals surface area contributed by atoms with Crippen molar-refractivity contribution in [2.45, 2.75) is 39.2 Å². The van der Waals surface area contributed by atoms with Crippen molar-refractivity contribution in [1.82, 2.24) is 9.88 Å². The van der Waals surface area contributed by atoms with E-state index in [4.69, 9.17) is 4.42 Å². The number of aliphatic hydroxyl groups is 1. The Labute approximate surface area is 168 Å². The van der Waals surface area contributed by atoms with E-state index < -0.39 is 17.7 Å². The molecular weight excluding hydrogens is 368 g/mol. The van der Waals surface area contributed by atoms with E-state index in [2.05, 4.69) is 11.9 Å². The Morgan fingerprint density at radius 3 is 2.69 bits per heavy atom. The highest BCUT2D eigenvalue weighted by Crippen LogP contribution is 2.41. The molecule has 1 unspecified atom stereocenters. The van der Waals surface area contributed by atoms with Crippen LogP contribution in [0, 0.1) is 6.92 Å². The number of amides is 1. The van der Waals surface area contributed by atoms with Crippen molar-refractivity contribution in [2.24, 2.45) is 0 Å². The van der Waals surface area contributed by atoms with Crippen LogP contribution in [0.1, 0.15) is 49.3 Å². The first-order valence-electron chi connectivity index (χ1n) is 9.94. The van der Waals surface area contributed by atoms with E-state index in [1.807, 2.05) is 31.2 Å². The summed E-state index contributed by atoms with van der Waals surface area (Å²) >= 11 is 0. The van der Waals surface area contributed by atoms with E-state index in [1.165, 1.54) is 4.90 Å². The summed E-state index contributed by atoms with van der Waals surface area (Å²) in [6.07, 6.45) is 4.40. The van der Waals surface area contributed by atoms with Crippen molar-refractivity contribution in [3.63, 3.8) is 0 Å². The van der Waals surface area contributed by atoms with Crippen LogP contribution in [0.2, 0.25) is 0 Å². The van der Waals surface area contributed by atoms with Crippen LogP contribution in [0.3, 0.4) is 0 Å². The second-order valence-electron chi connectivity index (χ2n) is 7.40. The number of ketones is 1.